The lowest BCUT2D eigenvalue weighted by Crippen LogP contribution is -2.10. The topological polar surface area (TPSA) is 62.3 Å². The average Bonchev–Trinajstić information content (AvgIpc) is 3.30. The predicted molar refractivity (Wildman–Crippen MR) is 122 cm³/mol. The van der Waals surface area contributed by atoms with Crippen molar-refractivity contribution >= 4 is 23.1 Å². The van der Waals surface area contributed by atoms with Gasteiger partial charge in [-0.1, -0.05) is 6.07 Å². The van der Waals surface area contributed by atoms with Crippen LogP contribution in [0.5, 0.6) is 5.75 Å². The minimum atomic E-state index is -4.41. The number of likely N-dealkylation sites (tertiary alicyclic amines) is 1. The number of rotatable bonds is 7. The van der Waals surface area contributed by atoms with E-state index in [1.54, 1.807) is 25.4 Å². The molecule has 0 aliphatic carbocycles. The Morgan fingerprint density at radius 1 is 1.00 bits per heavy atom. The summed E-state index contributed by atoms with van der Waals surface area (Å²) in [7, 11) is 0. The van der Waals surface area contributed by atoms with Crippen LogP contribution in [0.4, 0.5) is 36.3 Å². The molecule has 0 unspecified atom stereocenters. The smallest absolute Gasteiger partial charge is 0.416 e. The highest BCUT2D eigenvalue weighted by atomic mass is 19.4. The Kier molecular flexibility index (Phi) is 6.67. The molecule has 6 nitrogen and oxygen atoms in total. The van der Waals surface area contributed by atoms with E-state index in [2.05, 4.69) is 25.5 Å². The molecule has 33 heavy (non-hydrogen) atoms. The molecule has 0 spiro atoms. The summed E-state index contributed by atoms with van der Waals surface area (Å²) in [5.41, 5.74) is 1.02. The van der Waals surface area contributed by atoms with Gasteiger partial charge < -0.3 is 20.3 Å². The van der Waals surface area contributed by atoms with Crippen LogP contribution in [0.25, 0.3) is 0 Å². The number of hydrogen-bond acceptors (Lipinski definition) is 6. The summed E-state index contributed by atoms with van der Waals surface area (Å²) in [4.78, 5) is 10.9. The number of nitrogens with one attached hydrogen (secondary N) is 2. The molecule has 1 aliphatic rings. The molecule has 0 saturated carbocycles. The summed E-state index contributed by atoms with van der Waals surface area (Å²) in [5.74, 6) is 1.43. The van der Waals surface area contributed by atoms with Gasteiger partial charge in [-0.2, -0.15) is 18.2 Å². The molecule has 0 amide bonds. The normalized spacial score (nSPS) is 14.0. The third kappa shape index (κ3) is 6.15. The summed E-state index contributed by atoms with van der Waals surface area (Å²) in [6.45, 7) is 3.90. The molecule has 9 heteroatoms. The maximum Gasteiger partial charge on any atom is 0.416 e. The van der Waals surface area contributed by atoms with Gasteiger partial charge >= 0.3 is 6.18 Å². The molecule has 172 valence electrons. The molecule has 3 aromatic rings. The van der Waals surface area contributed by atoms with Crippen molar-refractivity contribution in [2.45, 2.75) is 25.9 Å². The Bertz CT molecular complexity index is 1110. The zero-order valence-electron chi connectivity index (χ0n) is 18.1. The van der Waals surface area contributed by atoms with Gasteiger partial charge in [0.2, 0.25) is 5.95 Å². The van der Waals surface area contributed by atoms with Gasteiger partial charge in [0.1, 0.15) is 17.8 Å². The number of aryl methyl sites for hydroxylation is 1. The van der Waals surface area contributed by atoms with E-state index in [9.17, 15) is 13.2 Å². The van der Waals surface area contributed by atoms with E-state index in [0.29, 0.717) is 28.8 Å². The van der Waals surface area contributed by atoms with Crippen LogP contribution in [0.15, 0.2) is 67.2 Å². The molecule has 2 heterocycles. The minimum Gasteiger partial charge on any atom is -0.463 e. The Labute approximate surface area is 190 Å². The van der Waals surface area contributed by atoms with Crippen LogP contribution in [0.1, 0.15) is 24.0 Å². The van der Waals surface area contributed by atoms with Gasteiger partial charge in [-0.3, -0.25) is 0 Å². The lowest BCUT2D eigenvalue weighted by molar-refractivity contribution is -0.137. The van der Waals surface area contributed by atoms with E-state index in [1.165, 1.54) is 18.9 Å². The summed E-state index contributed by atoms with van der Waals surface area (Å²) < 4.78 is 44.6. The molecule has 0 atom stereocenters. The Hall–Kier alpha value is -3.75. The maximum absolute atomic E-state index is 13.0. The quantitative estimate of drug-likeness (QED) is 0.412. The van der Waals surface area contributed by atoms with Gasteiger partial charge in [-0.15, -0.1) is 0 Å². The fourth-order valence-corrected chi connectivity index (χ4v) is 3.37. The molecule has 1 saturated heterocycles. The second-order valence-electron chi connectivity index (χ2n) is 7.72. The SMILES string of the molecule is Cc1cnc(Nc2ccc(O/C=C/N3CCCC3)cc2)nc1Nc1cccc(C(F)(F)F)c1. The monoisotopic (exact) mass is 455 g/mol. The first kappa shape index (κ1) is 22.4. The van der Waals surface area contributed by atoms with Crippen molar-refractivity contribution in [1.29, 1.82) is 0 Å². The molecule has 2 aromatic carbocycles. The third-order valence-corrected chi connectivity index (χ3v) is 5.15. The van der Waals surface area contributed by atoms with Crippen molar-refractivity contribution in [2.75, 3.05) is 23.7 Å². The highest BCUT2D eigenvalue weighted by molar-refractivity contribution is 5.62. The van der Waals surface area contributed by atoms with Crippen molar-refractivity contribution in [3.05, 3.63) is 78.3 Å². The highest BCUT2D eigenvalue weighted by Crippen LogP contribution is 2.31. The first-order valence-electron chi connectivity index (χ1n) is 10.6. The van der Waals surface area contributed by atoms with E-state index in [4.69, 9.17) is 4.74 Å². The zero-order valence-corrected chi connectivity index (χ0v) is 18.1. The van der Waals surface area contributed by atoms with Crippen LogP contribution in [-0.2, 0) is 6.18 Å². The second kappa shape index (κ2) is 9.81. The third-order valence-electron chi connectivity index (χ3n) is 5.15. The summed E-state index contributed by atoms with van der Waals surface area (Å²) >= 11 is 0. The second-order valence-corrected chi connectivity index (χ2v) is 7.72. The van der Waals surface area contributed by atoms with Gasteiger partial charge in [0.05, 0.1) is 5.56 Å². The minimum absolute atomic E-state index is 0.293. The first-order valence-corrected chi connectivity index (χ1v) is 10.6. The van der Waals surface area contributed by atoms with E-state index in [-0.39, 0.29) is 0 Å². The van der Waals surface area contributed by atoms with Crippen molar-refractivity contribution in [1.82, 2.24) is 14.9 Å². The van der Waals surface area contributed by atoms with Crippen LogP contribution in [0.3, 0.4) is 0 Å². The van der Waals surface area contributed by atoms with Crippen LogP contribution in [0, 0.1) is 6.92 Å². The molecule has 1 aromatic heterocycles. The largest absolute Gasteiger partial charge is 0.463 e. The standard InChI is InChI=1S/C24H24F3N5O/c1-17-16-28-23(31-22(17)29-20-6-4-5-18(15-20)24(25,26)27)30-19-7-9-21(10-8-19)33-14-13-32-11-2-3-12-32/h4-10,13-16H,2-3,11-12H2,1H3,(H2,28,29,30,31)/b14-13+. The number of benzene rings is 2. The van der Waals surface area contributed by atoms with Crippen LogP contribution in [0.2, 0.25) is 0 Å². The Morgan fingerprint density at radius 2 is 1.76 bits per heavy atom. The Balaban J connectivity index is 1.40. The zero-order chi connectivity index (χ0) is 23.3. The number of ether oxygens (including phenoxy) is 1. The van der Waals surface area contributed by atoms with Gasteiger partial charge in [0.15, 0.2) is 0 Å². The van der Waals surface area contributed by atoms with Crippen molar-refractivity contribution in [3.63, 3.8) is 0 Å². The summed E-state index contributed by atoms with van der Waals surface area (Å²) in [5, 5.41) is 6.04. The number of anilines is 4. The number of aromatic nitrogens is 2. The van der Waals surface area contributed by atoms with E-state index >= 15 is 0 Å². The van der Waals surface area contributed by atoms with Gasteiger partial charge in [0.25, 0.3) is 0 Å². The predicted octanol–water partition coefficient (Wildman–Crippen LogP) is 6.24. The molecule has 1 fully saturated rings. The van der Waals surface area contributed by atoms with E-state index in [0.717, 1.165) is 30.9 Å². The van der Waals surface area contributed by atoms with Crippen LogP contribution in [-0.4, -0.2) is 28.0 Å². The number of hydrogen-bond donors (Lipinski definition) is 2. The van der Waals surface area contributed by atoms with Crippen molar-refractivity contribution in [3.8, 4) is 5.75 Å². The van der Waals surface area contributed by atoms with Crippen molar-refractivity contribution < 1.29 is 17.9 Å². The van der Waals surface area contributed by atoms with Gasteiger partial charge in [-0.05, 0) is 62.2 Å². The lowest BCUT2D eigenvalue weighted by atomic mass is 10.2. The Morgan fingerprint density at radius 3 is 2.48 bits per heavy atom. The molecule has 2 N–H and O–H groups in total. The summed E-state index contributed by atoms with van der Waals surface area (Å²) in [6, 6.07) is 12.3. The van der Waals surface area contributed by atoms with E-state index in [1.807, 2.05) is 30.5 Å². The highest BCUT2D eigenvalue weighted by Gasteiger charge is 2.30. The molecule has 0 bridgehead atoms. The summed E-state index contributed by atoms with van der Waals surface area (Å²) in [6.07, 6.45) is 3.25. The molecular weight excluding hydrogens is 431 g/mol. The first-order chi connectivity index (χ1) is 15.9. The lowest BCUT2D eigenvalue weighted by Gasteiger charge is -2.13. The fraction of sp³-hybridized carbons (Fsp3) is 0.250. The molecular formula is C24H24F3N5O. The van der Waals surface area contributed by atoms with E-state index < -0.39 is 11.7 Å². The average molecular weight is 455 g/mol. The van der Waals surface area contributed by atoms with Crippen LogP contribution < -0.4 is 15.4 Å². The van der Waals surface area contributed by atoms with Gasteiger partial charge in [0, 0.05) is 42.4 Å². The molecule has 0 radical (unpaired) electrons. The van der Waals surface area contributed by atoms with Crippen LogP contribution >= 0.6 is 0 Å². The number of alkyl halides is 3. The van der Waals surface area contributed by atoms with Gasteiger partial charge in [-0.25, -0.2) is 4.98 Å². The molecule has 1 aliphatic heterocycles. The number of nitrogens with zero attached hydrogens (tertiary/aromatic N) is 3. The number of halogens is 3. The van der Waals surface area contributed by atoms with Crippen molar-refractivity contribution in [2.24, 2.45) is 0 Å². The maximum atomic E-state index is 13.0. The fourth-order valence-electron chi connectivity index (χ4n) is 3.37. The molecule has 4 rings (SSSR count).